The van der Waals surface area contributed by atoms with Crippen LogP contribution >= 0.6 is 0 Å². The highest BCUT2D eigenvalue weighted by atomic mass is 16.5. The number of nitrogens with zero attached hydrogens (tertiary/aromatic N) is 2. The molecule has 0 bridgehead atoms. The second kappa shape index (κ2) is 11.4. The van der Waals surface area contributed by atoms with E-state index in [0.29, 0.717) is 6.61 Å². The summed E-state index contributed by atoms with van der Waals surface area (Å²) in [5, 5.41) is 0. The van der Waals surface area contributed by atoms with Crippen molar-refractivity contribution in [3.8, 4) is 0 Å². The zero-order valence-electron chi connectivity index (χ0n) is 12.5. The van der Waals surface area contributed by atoms with Crippen molar-refractivity contribution in [2.24, 2.45) is 0 Å². The summed E-state index contributed by atoms with van der Waals surface area (Å²) < 4.78 is 5.15. The average Bonchev–Trinajstić information content (AvgIpc) is 2.50. The minimum atomic E-state index is -0.377. The Bertz CT molecular complexity index is 355. The molecule has 20 heavy (non-hydrogen) atoms. The monoisotopic (exact) mass is 278 g/mol. The molecule has 1 rings (SSSR count). The largest absolute Gasteiger partial charge is 0.461 e. The highest BCUT2D eigenvalue weighted by molar-refractivity contribution is 5.86. The molecule has 0 aromatic carbocycles. The second-order valence-corrected chi connectivity index (χ2v) is 5.05. The topological polar surface area (TPSA) is 52.1 Å². The first-order valence-electron chi connectivity index (χ1n) is 7.77. The lowest BCUT2D eigenvalue weighted by Gasteiger charge is -2.04. The molecule has 4 heteroatoms. The van der Waals surface area contributed by atoms with Gasteiger partial charge in [-0.1, -0.05) is 58.3 Å². The molecule has 0 aliphatic rings. The highest BCUT2D eigenvalue weighted by Crippen LogP contribution is 2.09. The highest BCUT2D eigenvalue weighted by Gasteiger charge is 2.07. The van der Waals surface area contributed by atoms with E-state index in [0.717, 1.165) is 12.8 Å². The Balaban J connectivity index is 1.91. The predicted octanol–water partition coefficient (Wildman–Crippen LogP) is 4.16. The van der Waals surface area contributed by atoms with Crippen molar-refractivity contribution >= 4 is 5.97 Å². The number of carbonyl (C=O) groups excluding carboxylic acids is 1. The van der Waals surface area contributed by atoms with Crippen molar-refractivity contribution in [1.82, 2.24) is 9.97 Å². The number of ether oxygens (including phenoxy) is 1. The van der Waals surface area contributed by atoms with Gasteiger partial charge in [-0.25, -0.2) is 9.78 Å². The Morgan fingerprint density at radius 3 is 2.25 bits per heavy atom. The first-order chi connectivity index (χ1) is 9.84. The molecule has 1 aromatic rings. The lowest BCUT2D eigenvalue weighted by molar-refractivity contribution is 0.0490. The van der Waals surface area contributed by atoms with E-state index in [2.05, 4.69) is 16.9 Å². The third kappa shape index (κ3) is 7.87. The quantitative estimate of drug-likeness (QED) is 0.450. The van der Waals surface area contributed by atoms with Crippen molar-refractivity contribution < 1.29 is 9.53 Å². The number of rotatable bonds is 11. The first kappa shape index (κ1) is 16.6. The van der Waals surface area contributed by atoms with E-state index in [4.69, 9.17) is 4.74 Å². The Labute approximate surface area is 122 Å². The van der Waals surface area contributed by atoms with Crippen LogP contribution < -0.4 is 0 Å². The number of hydrogen-bond acceptors (Lipinski definition) is 4. The van der Waals surface area contributed by atoms with Gasteiger partial charge in [-0.15, -0.1) is 0 Å². The van der Waals surface area contributed by atoms with Crippen LogP contribution in [0.2, 0.25) is 0 Å². The molecule has 4 nitrogen and oxygen atoms in total. The molecule has 0 radical (unpaired) electrons. The second-order valence-electron chi connectivity index (χ2n) is 5.05. The van der Waals surface area contributed by atoms with E-state index >= 15 is 0 Å². The van der Waals surface area contributed by atoms with Crippen LogP contribution in [0.25, 0.3) is 0 Å². The fraction of sp³-hybridized carbons (Fsp3) is 0.688. The summed E-state index contributed by atoms with van der Waals surface area (Å²) in [6.07, 6.45) is 15.8. The molecule has 0 unspecified atom stereocenters. The Hall–Kier alpha value is -1.45. The van der Waals surface area contributed by atoms with Crippen LogP contribution in [0.1, 0.15) is 75.2 Å². The van der Waals surface area contributed by atoms with Crippen LogP contribution in [0.3, 0.4) is 0 Å². The first-order valence-corrected chi connectivity index (χ1v) is 7.77. The lowest BCUT2D eigenvalue weighted by atomic mass is 10.1. The fourth-order valence-corrected chi connectivity index (χ4v) is 2.06. The third-order valence-electron chi connectivity index (χ3n) is 3.25. The van der Waals surface area contributed by atoms with Gasteiger partial charge in [0.15, 0.2) is 5.69 Å². The average molecular weight is 278 g/mol. The van der Waals surface area contributed by atoms with Gasteiger partial charge in [-0.3, -0.25) is 4.98 Å². The number of esters is 1. The summed E-state index contributed by atoms with van der Waals surface area (Å²) in [6, 6.07) is 0. The molecular formula is C16H26N2O2. The molecule has 0 saturated heterocycles. The van der Waals surface area contributed by atoms with Crippen LogP contribution in [0.15, 0.2) is 18.6 Å². The van der Waals surface area contributed by atoms with Crippen LogP contribution in [-0.2, 0) is 4.74 Å². The number of unbranched alkanes of at least 4 members (excludes halogenated alkanes) is 8. The molecule has 0 amide bonds. The zero-order chi connectivity index (χ0) is 14.5. The summed E-state index contributed by atoms with van der Waals surface area (Å²) in [6.45, 7) is 2.72. The standard InChI is InChI=1S/C16H26N2O2/c1-2-3-4-5-6-7-8-9-10-13-20-16(19)15-14-17-11-12-18-15/h11-12,14H,2-10,13H2,1H3. The molecule has 0 saturated carbocycles. The zero-order valence-corrected chi connectivity index (χ0v) is 12.5. The maximum Gasteiger partial charge on any atom is 0.358 e. The maximum atomic E-state index is 11.6. The van der Waals surface area contributed by atoms with Gasteiger partial charge < -0.3 is 4.74 Å². The van der Waals surface area contributed by atoms with Crippen LogP contribution in [-0.4, -0.2) is 22.5 Å². The number of hydrogen-bond donors (Lipinski definition) is 0. The molecule has 0 atom stereocenters. The smallest absolute Gasteiger partial charge is 0.358 e. The van der Waals surface area contributed by atoms with E-state index in [1.807, 2.05) is 0 Å². The third-order valence-corrected chi connectivity index (χ3v) is 3.25. The van der Waals surface area contributed by atoms with Crippen molar-refractivity contribution in [1.29, 1.82) is 0 Å². The van der Waals surface area contributed by atoms with E-state index in [-0.39, 0.29) is 11.7 Å². The van der Waals surface area contributed by atoms with Gasteiger partial charge >= 0.3 is 5.97 Å². The molecule has 0 N–H and O–H groups in total. The van der Waals surface area contributed by atoms with Crippen molar-refractivity contribution in [2.75, 3.05) is 6.61 Å². The SMILES string of the molecule is CCCCCCCCCCCOC(=O)c1cnccn1. The molecular weight excluding hydrogens is 252 g/mol. The van der Waals surface area contributed by atoms with E-state index in [1.165, 1.54) is 63.5 Å². The minimum absolute atomic E-state index is 0.281. The Morgan fingerprint density at radius 1 is 1.00 bits per heavy atom. The summed E-state index contributed by atoms with van der Waals surface area (Å²) in [7, 11) is 0. The summed E-state index contributed by atoms with van der Waals surface area (Å²) in [5.41, 5.74) is 0.281. The molecule has 1 heterocycles. The van der Waals surface area contributed by atoms with Gasteiger partial charge in [0.1, 0.15) is 0 Å². The van der Waals surface area contributed by atoms with Gasteiger partial charge in [-0.2, -0.15) is 0 Å². The van der Waals surface area contributed by atoms with Crippen molar-refractivity contribution in [3.05, 3.63) is 24.3 Å². The summed E-state index contributed by atoms with van der Waals surface area (Å²) >= 11 is 0. The molecule has 112 valence electrons. The Kier molecular flexibility index (Phi) is 9.45. The van der Waals surface area contributed by atoms with Crippen LogP contribution in [0.5, 0.6) is 0 Å². The molecule has 0 aliphatic carbocycles. The van der Waals surface area contributed by atoms with Crippen molar-refractivity contribution in [2.45, 2.75) is 64.7 Å². The molecule has 1 aromatic heterocycles. The van der Waals surface area contributed by atoms with Gasteiger partial charge in [-0.05, 0) is 6.42 Å². The van der Waals surface area contributed by atoms with Gasteiger partial charge in [0.25, 0.3) is 0 Å². The van der Waals surface area contributed by atoms with Gasteiger partial charge in [0.05, 0.1) is 12.8 Å². The maximum absolute atomic E-state index is 11.6. The van der Waals surface area contributed by atoms with Crippen LogP contribution in [0.4, 0.5) is 0 Å². The van der Waals surface area contributed by atoms with E-state index < -0.39 is 0 Å². The summed E-state index contributed by atoms with van der Waals surface area (Å²) in [5.74, 6) is -0.377. The molecule has 0 fully saturated rings. The Morgan fingerprint density at radius 2 is 1.65 bits per heavy atom. The fourth-order valence-electron chi connectivity index (χ4n) is 2.06. The van der Waals surface area contributed by atoms with E-state index in [9.17, 15) is 4.79 Å². The van der Waals surface area contributed by atoms with Gasteiger partial charge in [0, 0.05) is 12.4 Å². The number of carbonyl (C=O) groups is 1. The lowest BCUT2D eigenvalue weighted by Crippen LogP contribution is -2.08. The van der Waals surface area contributed by atoms with Crippen LogP contribution in [0, 0.1) is 0 Å². The summed E-state index contributed by atoms with van der Waals surface area (Å²) in [4.78, 5) is 19.3. The minimum Gasteiger partial charge on any atom is -0.461 e. The van der Waals surface area contributed by atoms with E-state index in [1.54, 1.807) is 0 Å². The molecule has 0 aliphatic heterocycles. The van der Waals surface area contributed by atoms with Crippen molar-refractivity contribution in [3.63, 3.8) is 0 Å². The molecule has 0 spiro atoms. The predicted molar refractivity (Wildman–Crippen MR) is 79.5 cm³/mol. The van der Waals surface area contributed by atoms with Gasteiger partial charge in [0.2, 0.25) is 0 Å². The normalized spacial score (nSPS) is 10.4. The number of aromatic nitrogens is 2.